The highest BCUT2D eigenvalue weighted by atomic mass is 15.1. The molecule has 0 radical (unpaired) electrons. The standard InChI is InChI=1S/C17H21N5/c1-4-18-16-14-17(21-15(20-14)12(2)3)22(11-19-16)10-13-8-6-5-7-9-13/h5-9,11-12H,4,10H2,1-3H3,(H,20,21). The normalized spacial score (nSPS) is 12.5. The van der Waals surface area contributed by atoms with Gasteiger partial charge < -0.3 is 9.55 Å². The first-order valence-electron chi connectivity index (χ1n) is 7.68. The van der Waals surface area contributed by atoms with E-state index in [1.54, 1.807) is 0 Å². The van der Waals surface area contributed by atoms with Gasteiger partial charge in [0.25, 0.3) is 0 Å². The van der Waals surface area contributed by atoms with Crippen LogP contribution in [0.3, 0.4) is 0 Å². The van der Waals surface area contributed by atoms with Crippen LogP contribution in [0.2, 0.25) is 0 Å². The molecule has 0 fully saturated rings. The predicted octanol–water partition coefficient (Wildman–Crippen LogP) is 2.85. The maximum absolute atomic E-state index is 4.76. The minimum absolute atomic E-state index is 0.340. The maximum Gasteiger partial charge on any atom is 0.176 e. The molecule has 1 aromatic carbocycles. The number of aromatic amines is 1. The van der Waals surface area contributed by atoms with Gasteiger partial charge in [-0.3, -0.25) is 4.99 Å². The highest BCUT2D eigenvalue weighted by molar-refractivity contribution is 5.69. The number of imidazole rings is 1. The van der Waals surface area contributed by atoms with Crippen molar-refractivity contribution in [3.8, 4) is 0 Å². The molecule has 0 saturated heterocycles. The first-order chi connectivity index (χ1) is 10.7. The van der Waals surface area contributed by atoms with Gasteiger partial charge in [-0.15, -0.1) is 0 Å². The minimum Gasteiger partial charge on any atom is -0.337 e. The van der Waals surface area contributed by atoms with Crippen molar-refractivity contribution in [2.24, 2.45) is 4.99 Å². The number of benzene rings is 1. The lowest BCUT2D eigenvalue weighted by Gasteiger charge is -2.07. The third-order valence-electron chi connectivity index (χ3n) is 3.57. The molecule has 0 aliphatic rings. The average Bonchev–Trinajstić information content (AvgIpc) is 2.97. The fourth-order valence-electron chi connectivity index (χ4n) is 2.43. The monoisotopic (exact) mass is 295 g/mol. The Kier molecular flexibility index (Phi) is 4.04. The van der Waals surface area contributed by atoms with Crippen LogP contribution in [0.25, 0.3) is 11.2 Å². The van der Waals surface area contributed by atoms with Crippen LogP contribution >= 0.6 is 0 Å². The molecule has 0 atom stereocenters. The molecule has 0 unspecified atom stereocenters. The van der Waals surface area contributed by atoms with Crippen LogP contribution in [0, 0.1) is 0 Å². The summed E-state index contributed by atoms with van der Waals surface area (Å²) < 4.78 is 2.07. The molecule has 5 nitrogen and oxygen atoms in total. The van der Waals surface area contributed by atoms with Gasteiger partial charge in [-0.05, 0) is 12.5 Å². The second kappa shape index (κ2) is 6.13. The molecule has 1 N–H and O–H groups in total. The van der Waals surface area contributed by atoms with Gasteiger partial charge in [0.2, 0.25) is 0 Å². The van der Waals surface area contributed by atoms with E-state index in [0.717, 1.165) is 29.0 Å². The molecule has 2 aromatic heterocycles. The van der Waals surface area contributed by atoms with Gasteiger partial charge >= 0.3 is 0 Å². The van der Waals surface area contributed by atoms with Crippen molar-refractivity contribution in [2.45, 2.75) is 33.2 Å². The van der Waals surface area contributed by atoms with Crippen LogP contribution in [0.1, 0.15) is 38.1 Å². The van der Waals surface area contributed by atoms with E-state index in [1.165, 1.54) is 5.56 Å². The fraction of sp³-hybridized carbons (Fsp3) is 0.353. The zero-order chi connectivity index (χ0) is 15.5. The number of nitrogens with one attached hydrogen (secondary N) is 1. The minimum atomic E-state index is 0.340. The fourth-order valence-corrected chi connectivity index (χ4v) is 2.43. The molecule has 5 heteroatoms. The molecule has 0 aliphatic heterocycles. The summed E-state index contributed by atoms with van der Waals surface area (Å²) >= 11 is 0. The lowest BCUT2D eigenvalue weighted by Crippen LogP contribution is -2.15. The van der Waals surface area contributed by atoms with Crippen LogP contribution in [0.5, 0.6) is 0 Å². The zero-order valence-electron chi connectivity index (χ0n) is 13.2. The molecule has 0 bridgehead atoms. The van der Waals surface area contributed by atoms with Gasteiger partial charge in [-0.25, -0.2) is 9.97 Å². The van der Waals surface area contributed by atoms with Crippen molar-refractivity contribution in [3.05, 3.63) is 53.5 Å². The smallest absolute Gasteiger partial charge is 0.176 e. The lowest BCUT2D eigenvalue weighted by atomic mass is 10.2. The number of H-pyrrole nitrogens is 1. The Morgan fingerprint density at radius 1 is 1.23 bits per heavy atom. The van der Waals surface area contributed by atoms with E-state index in [-0.39, 0.29) is 0 Å². The third-order valence-corrected chi connectivity index (χ3v) is 3.57. The van der Waals surface area contributed by atoms with E-state index in [0.29, 0.717) is 12.5 Å². The van der Waals surface area contributed by atoms with Crippen molar-refractivity contribution in [1.82, 2.24) is 19.5 Å². The summed E-state index contributed by atoms with van der Waals surface area (Å²) in [5, 5.41) is 0. The highest BCUT2D eigenvalue weighted by Gasteiger charge is 2.11. The molecule has 22 heavy (non-hydrogen) atoms. The Balaban J connectivity index is 2.15. The molecule has 0 amide bonds. The summed E-state index contributed by atoms with van der Waals surface area (Å²) in [5.41, 5.74) is 3.80. The number of hydrogen-bond acceptors (Lipinski definition) is 3. The summed E-state index contributed by atoms with van der Waals surface area (Å²) in [6.07, 6.45) is 1.83. The number of fused-ring (bicyclic) bond motifs is 1. The van der Waals surface area contributed by atoms with Crippen molar-refractivity contribution in [3.63, 3.8) is 0 Å². The summed E-state index contributed by atoms with van der Waals surface area (Å²) in [7, 11) is 0. The Bertz CT molecular complexity index is 827. The zero-order valence-corrected chi connectivity index (χ0v) is 13.2. The van der Waals surface area contributed by atoms with Gasteiger partial charge in [0.1, 0.15) is 11.3 Å². The largest absolute Gasteiger partial charge is 0.337 e. The summed E-state index contributed by atoms with van der Waals surface area (Å²) in [5.74, 6) is 1.31. The van der Waals surface area contributed by atoms with Crippen molar-refractivity contribution < 1.29 is 0 Å². The van der Waals surface area contributed by atoms with Crippen LogP contribution < -0.4 is 5.49 Å². The molecule has 3 aromatic rings. The van der Waals surface area contributed by atoms with Crippen LogP contribution in [0.4, 0.5) is 0 Å². The molecular formula is C17H21N5. The first kappa shape index (κ1) is 14.5. The molecule has 3 rings (SSSR count). The van der Waals surface area contributed by atoms with Gasteiger partial charge in [0.05, 0.1) is 12.9 Å². The van der Waals surface area contributed by atoms with Crippen LogP contribution in [0.15, 0.2) is 41.7 Å². The van der Waals surface area contributed by atoms with Crippen molar-refractivity contribution in [2.75, 3.05) is 6.54 Å². The number of rotatable bonds is 4. The number of nitrogens with zero attached hydrogens (tertiary/aromatic N) is 4. The van der Waals surface area contributed by atoms with Crippen molar-refractivity contribution >= 4 is 11.2 Å². The number of aromatic nitrogens is 4. The Labute approximate surface area is 129 Å². The molecular weight excluding hydrogens is 274 g/mol. The van der Waals surface area contributed by atoms with E-state index >= 15 is 0 Å². The molecule has 114 valence electrons. The summed E-state index contributed by atoms with van der Waals surface area (Å²) in [6.45, 7) is 7.73. The molecule has 0 aliphatic carbocycles. The van der Waals surface area contributed by atoms with Crippen LogP contribution in [-0.2, 0) is 6.54 Å². The SMILES string of the molecule is CCN=c1ncn(Cc2ccccc2)c2nc(C(C)C)[nH]c12. The lowest BCUT2D eigenvalue weighted by molar-refractivity contribution is 0.771. The Morgan fingerprint density at radius 2 is 2.00 bits per heavy atom. The Morgan fingerprint density at radius 3 is 2.68 bits per heavy atom. The second-order valence-corrected chi connectivity index (χ2v) is 5.63. The average molecular weight is 295 g/mol. The predicted molar refractivity (Wildman–Crippen MR) is 87.6 cm³/mol. The van der Waals surface area contributed by atoms with Crippen molar-refractivity contribution in [1.29, 1.82) is 0 Å². The summed E-state index contributed by atoms with van der Waals surface area (Å²) in [6, 6.07) is 10.3. The van der Waals surface area contributed by atoms with Crippen LogP contribution in [-0.4, -0.2) is 26.1 Å². The Hall–Kier alpha value is -2.43. The topological polar surface area (TPSA) is 58.9 Å². The maximum atomic E-state index is 4.76. The molecule has 0 spiro atoms. The molecule has 2 heterocycles. The van der Waals surface area contributed by atoms with E-state index in [9.17, 15) is 0 Å². The van der Waals surface area contributed by atoms with E-state index in [2.05, 4.69) is 45.5 Å². The molecule has 0 saturated carbocycles. The van der Waals surface area contributed by atoms with E-state index in [1.807, 2.05) is 31.5 Å². The van der Waals surface area contributed by atoms with E-state index < -0.39 is 0 Å². The van der Waals surface area contributed by atoms with Gasteiger partial charge in [-0.2, -0.15) is 0 Å². The van der Waals surface area contributed by atoms with Gasteiger partial charge in [0.15, 0.2) is 11.1 Å². The van der Waals surface area contributed by atoms with Gasteiger partial charge in [-0.1, -0.05) is 44.2 Å². The first-order valence-corrected chi connectivity index (χ1v) is 7.68. The van der Waals surface area contributed by atoms with E-state index in [4.69, 9.17) is 4.98 Å². The highest BCUT2D eigenvalue weighted by Crippen LogP contribution is 2.15. The van der Waals surface area contributed by atoms with Gasteiger partial charge in [0, 0.05) is 12.5 Å². The summed E-state index contributed by atoms with van der Waals surface area (Å²) in [4.78, 5) is 17.1. The third kappa shape index (κ3) is 2.79. The quantitative estimate of drug-likeness (QED) is 0.804. The second-order valence-electron chi connectivity index (χ2n) is 5.63. The number of hydrogen-bond donors (Lipinski definition) is 1.